The van der Waals surface area contributed by atoms with Gasteiger partial charge in [-0.05, 0) is 164 Å². The second-order valence-corrected chi connectivity index (χ2v) is 15.8. The quantitative estimate of drug-likeness (QED) is 0.323. The van der Waals surface area contributed by atoms with Crippen LogP contribution in [0.5, 0.6) is 0 Å². The molecule has 0 aromatic heterocycles. The Hall–Kier alpha value is -1.02. The van der Waals surface area contributed by atoms with E-state index in [1.54, 1.807) is 0 Å². The number of hydrogen-bond donors (Lipinski definition) is 1. The molecule has 45 heavy (non-hydrogen) atoms. The zero-order valence-corrected chi connectivity index (χ0v) is 30.6. The SMILES string of the molecule is CC(C)N1CCC(N(C)Cc2ccccc2)CC1.CC(C)N1CCC(N2CCCC2)C1.CC(C)N1CCC(NCC2CC2)CC1. The van der Waals surface area contributed by atoms with Crippen molar-refractivity contribution in [3.8, 4) is 0 Å². The minimum atomic E-state index is 0.699. The second-order valence-electron chi connectivity index (χ2n) is 15.8. The molecule has 5 aliphatic rings. The predicted molar refractivity (Wildman–Crippen MR) is 194 cm³/mol. The maximum Gasteiger partial charge on any atom is 0.0235 e. The van der Waals surface area contributed by atoms with E-state index in [2.05, 4.69) is 109 Å². The van der Waals surface area contributed by atoms with Crippen molar-refractivity contribution in [2.24, 2.45) is 5.92 Å². The first kappa shape index (κ1) is 36.8. The summed E-state index contributed by atoms with van der Waals surface area (Å²) in [6, 6.07) is 15.4. The van der Waals surface area contributed by atoms with Crippen LogP contribution >= 0.6 is 0 Å². The van der Waals surface area contributed by atoms with Gasteiger partial charge in [0.1, 0.15) is 0 Å². The van der Waals surface area contributed by atoms with Crippen molar-refractivity contribution < 1.29 is 0 Å². The molecule has 6 nitrogen and oxygen atoms in total. The molecular weight excluding hydrogens is 552 g/mol. The van der Waals surface area contributed by atoms with Gasteiger partial charge < -0.3 is 15.1 Å². The van der Waals surface area contributed by atoms with Crippen molar-refractivity contribution in [2.45, 2.75) is 142 Å². The van der Waals surface area contributed by atoms with Crippen molar-refractivity contribution in [3.63, 3.8) is 0 Å². The highest BCUT2D eigenvalue weighted by Gasteiger charge is 2.30. The third-order valence-corrected chi connectivity index (χ3v) is 11.4. The zero-order valence-electron chi connectivity index (χ0n) is 30.6. The van der Waals surface area contributed by atoms with E-state index >= 15 is 0 Å². The number of nitrogens with zero attached hydrogens (tertiary/aromatic N) is 5. The number of nitrogens with one attached hydrogen (secondary N) is 1. The van der Waals surface area contributed by atoms with Crippen molar-refractivity contribution in [1.82, 2.24) is 29.8 Å². The van der Waals surface area contributed by atoms with Gasteiger partial charge in [-0.3, -0.25) is 14.7 Å². The third kappa shape index (κ3) is 12.8. The van der Waals surface area contributed by atoms with E-state index in [1.807, 2.05) is 0 Å². The van der Waals surface area contributed by atoms with Crippen molar-refractivity contribution in [3.05, 3.63) is 35.9 Å². The van der Waals surface area contributed by atoms with Gasteiger partial charge in [-0.2, -0.15) is 0 Å². The first-order chi connectivity index (χ1) is 21.7. The Balaban J connectivity index is 0.000000156. The fourth-order valence-electron chi connectivity index (χ4n) is 7.76. The standard InChI is InChI=1S/C16H26N2.C12H24N2.C11H22N2/c1-14(2)18-11-9-16(10-12-18)17(3)13-15-7-5-4-6-8-15;1-10(2)14-7-5-12(6-8-14)13-9-11-3-4-11;1-10(2)13-8-5-11(9-13)12-6-3-4-7-12/h4-8,14,16H,9-13H2,1-3H3;10-13H,3-9H2,1-2H3;10-11H,3-9H2,1-2H3. The van der Waals surface area contributed by atoms with Crippen LogP contribution in [0.2, 0.25) is 0 Å². The van der Waals surface area contributed by atoms with Crippen LogP contribution in [0, 0.1) is 5.92 Å². The van der Waals surface area contributed by atoms with Crippen LogP contribution in [-0.2, 0) is 6.54 Å². The first-order valence-electron chi connectivity index (χ1n) is 19.1. The summed E-state index contributed by atoms with van der Waals surface area (Å²) < 4.78 is 0. The Labute approximate surface area is 279 Å². The molecule has 1 N–H and O–H groups in total. The van der Waals surface area contributed by atoms with E-state index in [-0.39, 0.29) is 0 Å². The molecular formula is C39H72N6. The maximum atomic E-state index is 3.72. The molecule has 4 saturated heterocycles. The second kappa shape index (κ2) is 19.1. The fraction of sp³-hybridized carbons (Fsp3) is 0.846. The lowest BCUT2D eigenvalue weighted by molar-refractivity contribution is 0.104. The zero-order chi connectivity index (χ0) is 32.2. The van der Waals surface area contributed by atoms with Gasteiger partial charge in [-0.25, -0.2) is 0 Å². The molecule has 1 unspecified atom stereocenters. The van der Waals surface area contributed by atoms with Crippen LogP contribution in [0.25, 0.3) is 0 Å². The molecule has 6 heteroatoms. The Morgan fingerprint density at radius 1 is 0.667 bits per heavy atom. The van der Waals surface area contributed by atoms with Gasteiger partial charge in [0.15, 0.2) is 0 Å². The molecule has 0 amide bonds. The van der Waals surface area contributed by atoms with Gasteiger partial charge in [-0.15, -0.1) is 0 Å². The van der Waals surface area contributed by atoms with E-state index in [1.165, 1.54) is 122 Å². The van der Waals surface area contributed by atoms with Crippen LogP contribution < -0.4 is 5.32 Å². The summed E-state index contributed by atoms with van der Waals surface area (Å²) in [4.78, 5) is 13.0. The Kier molecular flexibility index (Phi) is 15.6. The molecule has 1 aliphatic carbocycles. The maximum absolute atomic E-state index is 3.72. The molecule has 6 rings (SSSR count). The summed E-state index contributed by atoms with van der Waals surface area (Å²) >= 11 is 0. The minimum absolute atomic E-state index is 0.699. The number of rotatable bonds is 10. The topological polar surface area (TPSA) is 28.2 Å². The van der Waals surface area contributed by atoms with Crippen LogP contribution in [0.15, 0.2) is 30.3 Å². The van der Waals surface area contributed by atoms with Crippen LogP contribution in [-0.4, -0.2) is 127 Å². The van der Waals surface area contributed by atoms with Crippen molar-refractivity contribution in [1.29, 1.82) is 0 Å². The summed E-state index contributed by atoms with van der Waals surface area (Å²) in [5, 5.41) is 3.72. The Bertz CT molecular complexity index is 895. The predicted octanol–water partition coefficient (Wildman–Crippen LogP) is 6.41. The van der Waals surface area contributed by atoms with Gasteiger partial charge in [0.25, 0.3) is 0 Å². The summed E-state index contributed by atoms with van der Waals surface area (Å²) in [6.07, 6.45) is 12.5. The Morgan fingerprint density at radius 3 is 1.71 bits per heavy atom. The highest BCUT2D eigenvalue weighted by atomic mass is 15.3. The van der Waals surface area contributed by atoms with E-state index in [0.717, 1.165) is 42.7 Å². The molecule has 258 valence electrons. The summed E-state index contributed by atoms with van der Waals surface area (Å²) in [5.74, 6) is 1.03. The van der Waals surface area contributed by atoms with Gasteiger partial charge in [0, 0.05) is 55.9 Å². The van der Waals surface area contributed by atoms with E-state index in [4.69, 9.17) is 0 Å². The molecule has 4 aliphatic heterocycles. The van der Waals surface area contributed by atoms with Crippen LogP contribution in [0.3, 0.4) is 0 Å². The average molecular weight is 625 g/mol. The van der Waals surface area contributed by atoms with E-state index < -0.39 is 0 Å². The lowest BCUT2D eigenvalue weighted by Gasteiger charge is -2.38. The lowest BCUT2D eigenvalue weighted by atomic mass is 10.0. The molecule has 1 atom stereocenters. The first-order valence-corrected chi connectivity index (χ1v) is 19.1. The van der Waals surface area contributed by atoms with E-state index in [0.29, 0.717) is 6.04 Å². The smallest absolute Gasteiger partial charge is 0.0235 e. The van der Waals surface area contributed by atoms with Gasteiger partial charge in [0.2, 0.25) is 0 Å². The number of benzene rings is 1. The Morgan fingerprint density at radius 2 is 1.20 bits per heavy atom. The van der Waals surface area contributed by atoms with Gasteiger partial charge in [0.05, 0.1) is 0 Å². The fourth-order valence-corrected chi connectivity index (χ4v) is 7.76. The van der Waals surface area contributed by atoms with E-state index in [9.17, 15) is 0 Å². The monoisotopic (exact) mass is 625 g/mol. The van der Waals surface area contributed by atoms with Crippen LogP contribution in [0.4, 0.5) is 0 Å². The molecule has 5 fully saturated rings. The summed E-state index contributed by atoms with van der Waals surface area (Å²) in [7, 11) is 2.27. The highest BCUT2D eigenvalue weighted by molar-refractivity contribution is 5.14. The molecule has 1 aromatic carbocycles. The molecule has 1 saturated carbocycles. The molecule has 1 aromatic rings. The molecule has 4 heterocycles. The minimum Gasteiger partial charge on any atom is -0.314 e. The lowest BCUT2D eigenvalue weighted by Crippen LogP contribution is -2.45. The third-order valence-electron chi connectivity index (χ3n) is 11.4. The average Bonchev–Trinajstić information content (AvgIpc) is 3.47. The van der Waals surface area contributed by atoms with Crippen LogP contribution in [0.1, 0.15) is 105 Å². The van der Waals surface area contributed by atoms with Gasteiger partial charge in [-0.1, -0.05) is 30.3 Å². The number of likely N-dealkylation sites (tertiary alicyclic amines) is 4. The van der Waals surface area contributed by atoms with Gasteiger partial charge >= 0.3 is 0 Å². The molecule has 0 bridgehead atoms. The molecule has 0 radical (unpaired) electrons. The summed E-state index contributed by atoms with van der Waals surface area (Å²) in [5.41, 5.74) is 1.42. The van der Waals surface area contributed by atoms with Crippen molar-refractivity contribution >= 4 is 0 Å². The number of piperidine rings is 2. The highest BCUT2D eigenvalue weighted by Crippen LogP contribution is 2.28. The largest absolute Gasteiger partial charge is 0.314 e. The summed E-state index contributed by atoms with van der Waals surface area (Å²) in [6.45, 7) is 26.6. The molecule has 0 spiro atoms. The normalized spacial score (nSPS) is 24.8. The van der Waals surface area contributed by atoms with Crippen molar-refractivity contribution in [2.75, 3.05) is 66.0 Å². The number of hydrogen-bond acceptors (Lipinski definition) is 6.